The Kier molecular flexibility index (Phi) is 10.7. The Hall–Kier alpha value is -4.64. The number of methoxy groups -OCH3 is 1. The number of hydrogen-bond acceptors (Lipinski definition) is 9. The molecule has 1 fully saturated rings. The Balaban J connectivity index is 1.03. The number of halogens is 1. The van der Waals surface area contributed by atoms with Gasteiger partial charge in [-0.25, -0.2) is 9.97 Å². The molecule has 2 aromatic carbocycles. The molecular formula is C41H45ClN6O4. The van der Waals surface area contributed by atoms with Gasteiger partial charge in [0.25, 0.3) is 0 Å². The fourth-order valence-electron chi connectivity index (χ4n) is 7.89. The first-order valence-corrected chi connectivity index (χ1v) is 18.5. The topological polar surface area (TPSA) is 122 Å². The van der Waals surface area contributed by atoms with Crippen molar-refractivity contribution in [2.75, 3.05) is 25.5 Å². The van der Waals surface area contributed by atoms with Gasteiger partial charge in [0.05, 0.1) is 30.4 Å². The highest BCUT2D eigenvalue weighted by molar-refractivity contribution is 6.34. The van der Waals surface area contributed by atoms with Gasteiger partial charge in [0, 0.05) is 67.7 Å². The molecule has 0 unspecified atom stereocenters. The van der Waals surface area contributed by atoms with Crippen LogP contribution in [0.25, 0.3) is 22.0 Å². The second-order valence-electron chi connectivity index (χ2n) is 14.2. The zero-order valence-electron chi connectivity index (χ0n) is 30.0. The highest BCUT2D eigenvalue weighted by atomic mass is 35.5. The molecule has 0 spiro atoms. The Bertz CT molecular complexity index is 2120. The van der Waals surface area contributed by atoms with E-state index in [9.17, 15) is 14.7 Å². The monoisotopic (exact) mass is 720 g/mol. The van der Waals surface area contributed by atoms with Crippen LogP contribution in [0.3, 0.4) is 0 Å². The summed E-state index contributed by atoms with van der Waals surface area (Å²) in [7, 11) is 3.42. The average molecular weight is 721 g/mol. The van der Waals surface area contributed by atoms with Crippen LogP contribution in [-0.4, -0.2) is 61.5 Å². The number of hydrogen-bond donors (Lipinski definition) is 2. The van der Waals surface area contributed by atoms with Gasteiger partial charge in [-0.15, -0.1) is 0 Å². The molecule has 5 aromatic rings. The largest absolute Gasteiger partial charge is 0.469 e. The lowest BCUT2D eigenvalue weighted by Crippen LogP contribution is -2.33. The number of aliphatic hydroxyl groups excluding tert-OH is 1. The molecule has 0 radical (unpaired) electrons. The van der Waals surface area contributed by atoms with Crippen LogP contribution in [0.1, 0.15) is 70.8 Å². The first-order valence-electron chi connectivity index (χ1n) is 18.1. The summed E-state index contributed by atoms with van der Waals surface area (Å²) in [6.45, 7) is 4.63. The molecule has 7 rings (SSSR count). The van der Waals surface area contributed by atoms with Crippen LogP contribution in [0, 0.1) is 18.8 Å². The van der Waals surface area contributed by atoms with E-state index in [0.29, 0.717) is 28.1 Å². The van der Waals surface area contributed by atoms with Crippen LogP contribution in [-0.2, 0) is 42.6 Å². The van der Waals surface area contributed by atoms with Gasteiger partial charge in [0.2, 0.25) is 5.78 Å². The van der Waals surface area contributed by atoms with Crippen molar-refractivity contribution in [3.05, 3.63) is 99.8 Å². The van der Waals surface area contributed by atoms with E-state index in [1.54, 1.807) is 12.4 Å². The van der Waals surface area contributed by atoms with Crippen molar-refractivity contribution in [1.82, 2.24) is 24.4 Å². The van der Waals surface area contributed by atoms with Gasteiger partial charge >= 0.3 is 5.97 Å². The number of nitrogens with zero attached hydrogens (tertiary/aromatic N) is 5. The van der Waals surface area contributed by atoms with Gasteiger partial charge in [0.15, 0.2) is 11.6 Å². The zero-order valence-corrected chi connectivity index (χ0v) is 30.7. The Morgan fingerprint density at radius 2 is 1.85 bits per heavy atom. The van der Waals surface area contributed by atoms with Crippen molar-refractivity contribution in [2.24, 2.45) is 18.9 Å². The summed E-state index contributed by atoms with van der Waals surface area (Å²) in [5.41, 5.74) is 7.95. The van der Waals surface area contributed by atoms with Crippen molar-refractivity contribution in [3.8, 4) is 11.1 Å². The average Bonchev–Trinajstić information content (AvgIpc) is 3.50. The third-order valence-electron chi connectivity index (χ3n) is 11.0. The molecule has 0 amide bonds. The van der Waals surface area contributed by atoms with Crippen LogP contribution in [0.2, 0.25) is 5.02 Å². The molecule has 2 N–H and O–H groups in total. The van der Waals surface area contributed by atoms with Crippen LogP contribution >= 0.6 is 11.6 Å². The van der Waals surface area contributed by atoms with E-state index in [2.05, 4.69) is 20.2 Å². The third kappa shape index (κ3) is 7.33. The number of Topliss-reactive ketones (excluding diaryl/α,β-unsaturated/α-hetero) is 1. The minimum Gasteiger partial charge on any atom is -0.469 e. The van der Waals surface area contributed by atoms with Crippen LogP contribution in [0.5, 0.6) is 0 Å². The molecule has 52 heavy (non-hydrogen) atoms. The second-order valence-corrected chi connectivity index (χ2v) is 14.5. The lowest BCUT2D eigenvalue weighted by molar-refractivity contribution is -0.146. The van der Waals surface area contributed by atoms with E-state index >= 15 is 0 Å². The summed E-state index contributed by atoms with van der Waals surface area (Å²) in [5.74, 6) is 1.65. The van der Waals surface area contributed by atoms with Gasteiger partial charge in [-0.3, -0.25) is 19.5 Å². The van der Waals surface area contributed by atoms with Gasteiger partial charge in [-0.2, -0.15) is 0 Å². The van der Waals surface area contributed by atoms with Gasteiger partial charge in [-0.1, -0.05) is 41.9 Å². The Morgan fingerprint density at radius 3 is 2.63 bits per heavy atom. The lowest BCUT2D eigenvalue weighted by Gasteiger charge is -2.31. The number of rotatable bonds is 11. The maximum atomic E-state index is 13.8. The summed E-state index contributed by atoms with van der Waals surface area (Å²) < 4.78 is 6.92. The van der Waals surface area contributed by atoms with Crippen LogP contribution < -0.4 is 5.32 Å². The number of aliphatic hydroxyl groups is 1. The summed E-state index contributed by atoms with van der Waals surface area (Å²) in [6.07, 6.45) is 9.46. The number of pyridine rings is 2. The maximum absolute atomic E-state index is 13.8. The maximum Gasteiger partial charge on any atom is 0.308 e. The van der Waals surface area contributed by atoms with Crippen molar-refractivity contribution >= 4 is 45.8 Å². The molecule has 0 atom stereocenters. The molecule has 0 bridgehead atoms. The number of fused-ring (bicyclic) bond motifs is 2. The number of aromatic nitrogens is 4. The number of carbonyl (C=O) groups excluding carboxylic acids is 2. The molecule has 0 saturated heterocycles. The Labute approximate surface area is 309 Å². The minimum atomic E-state index is -0.0762. The molecule has 270 valence electrons. The predicted octanol–water partition coefficient (Wildman–Crippen LogP) is 7.38. The van der Waals surface area contributed by atoms with Crippen molar-refractivity contribution in [3.63, 3.8) is 0 Å². The van der Waals surface area contributed by atoms with E-state index in [-0.39, 0.29) is 30.7 Å². The Morgan fingerprint density at radius 1 is 1.06 bits per heavy atom. The molecule has 11 heteroatoms. The smallest absolute Gasteiger partial charge is 0.308 e. The molecule has 1 aliphatic heterocycles. The normalized spacial score (nSPS) is 17.6. The highest BCUT2D eigenvalue weighted by Gasteiger charge is 2.29. The van der Waals surface area contributed by atoms with Crippen LogP contribution in [0.4, 0.5) is 11.5 Å². The van der Waals surface area contributed by atoms with E-state index in [0.717, 1.165) is 108 Å². The summed E-state index contributed by atoms with van der Waals surface area (Å²) >= 11 is 7.08. The second kappa shape index (κ2) is 15.5. The van der Waals surface area contributed by atoms with Crippen molar-refractivity contribution in [2.45, 2.75) is 65.0 Å². The highest BCUT2D eigenvalue weighted by Crippen LogP contribution is 2.37. The van der Waals surface area contributed by atoms with E-state index in [1.165, 1.54) is 7.11 Å². The SMILES string of the molecule is COC(=O)C1CCC(CCN2CCc3c(nc(C(=O)Cc4cccc(-c5cccc(Nc6nccc7cc(CO)cnc67)c5C)c4Cl)n3C)C2)CC1. The number of benzene rings is 2. The molecule has 1 saturated carbocycles. The molecule has 1 aliphatic carbocycles. The lowest BCUT2D eigenvalue weighted by atomic mass is 9.80. The van der Waals surface area contributed by atoms with E-state index in [4.69, 9.17) is 21.3 Å². The predicted molar refractivity (Wildman–Crippen MR) is 203 cm³/mol. The minimum absolute atomic E-state index is 0.0544. The fraction of sp³-hybridized carbons (Fsp3) is 0.390. The van der Waals surface area contributed by atoms with E-state index in [1.807, 2.05) is 67.1 Å². The first kappa shape index (κ1) is 35.7. The molecular weight excluding hydrogens is 676 g/mol. The van der Waals surface area contributed by atoms with Crippen LogP contribution in [0.15, 0.2) is 60.9 Å². The van der Waals surface area contributed by atoms with Crippen molar-refractivity contribution < 1.29 is 19.4 Å². The fourth-order valence-corrected chi connectivity index (χ4v) is 8.19. The standard InChI is InChI=1S/C41H45ClN6O4/c1-25-31(7-5-9-33(25)45-39-38-30(14-17-43-39)20-27(24-49)22-44-38)32-8-4-6-29(37(32)42)21-36(50)40-46-34-23-48(19-16-35(34)47(40)2)18-15-26-10-12-28(13-11-26)41(51)52-3/h4-9,14,17,20,22,26,28,49H,10-13,15-16,18-19,21,23-24H2,1-3H3,(H,43,45). The number of imidazole rings is 1. The number of ether oxygens (including phenoxy) is 1. The number of esters is 1. The van der Waals surface area contributed by atoms with Gasteiger partial charge < -0.3 is 19.7 Å². The molecule has 3 aromatic heterocycles. The molecule has 2 aliphatic rings. The van der Waals surface area contributed by atoms with Crippen molar-refractivity contribution in [1.29, 1.82) is 0 Å². The summed E-state index contributed by atoms with van der Waals surface area (Å²) in [4.78, 5) is 42.1. The summed E-state index contributed by atoms with van der Waals surface area (Å²) in [5, 5.41) is 14.4. The number of ketones is 1. The van der Waals surface area contributed by atoms with Gasteiger partial charge in [-0.05, 0) is 91.9 Å². The van der Waals surface area contributed by atoms with E-state index < -0.39 is 0 Å². The molecule has 10 nitrogen and oxygen atoms in total. The zero-order chi connectivity index (χ0) is 36.4. The number of carbonyl (C=O) groups is 2. The number of nitrogens with one attached hydrogen (secondary N) is 1. The summed E-state index contributed by atoms with van der Waals surface area (Å²) in [6, 6.07) is 15.6. The van der Waals surface area contributed by atoms with Gasteiger partial charge in [0.1, 0.15) is 5.52 Å². The number of anilines is 2. The quantitative estimate of drug-likeness (QED) is 0.106. The third-order valence-corrected chi connectivity index (χ3v) is 11.4. The first-order chi connectivity index (χ1) is 25.2. The molecule has 4 heterocycles.